The van der Waals surface area contributed by atoms with E-state index >= 15 is 0 Å². The van der Waals surface area contributed by atoms with E-state index in [1.807, 2.05) is 0 Å². The number of nitrogens with zero attached hydrogens (tertiary/aromatic N) is 1. The van der Waals surface area contributed by atoms with Crippen LogP contribution in [0.1, 0.15) is 36.1 Å². The standard InChI is InChI=1S/C53H41N/c1-34-15-13-17-37(31-34)54(38-18-14-16-35(2)32-38)50-30-29-47(39-19-5-6-21-42(39)50)52-45-24-9-7-22-43(45)51(44-23-8-10-25-46(44)52)36-27-28-41-40-20-11-12-26-48(40)53(3,4)49(41)33-36/h5-33H,1-4H3. The first kappa shape index (κ1) is 32.2. The predicted molar refractivity (Wildman–Crippen MR) is 232 cm³/mol. The largest absolute Gasteiger partial charge is 0.310 e. The first-order valence-corrected chi connectivity index (χ1v) is 19.0. The summed E-state index contributed by atoms with van der Waals surface area (Å²) in [5, 5.41) is 7.53. The third-order valence-corrected chi connectivity index (χ3v) is 11.7. The second-order valence-corrected chi connectivity index (χ2v) is 15.5. The highest BCUT2D eigenvalue weighted by Gasteiger charge is 2.35. The summed E-state index contributed by atoms with van der Waals surface area (Å²) in [5.74, 6) is 0. The van der Waals surface area contributed by atoms with Gasteiger partial charge in [0.1, 0.15) is 0 Å². The minimum absolute atomic E-state index is 0.0705. The van der Waals surface area contributed by atoms with E-state index in [0.717, 1.165) is 17.1 Å². The number of rotatable bonds is 5. The second-order valence-electron chi connectivity index (χ2n) is 15.5. The Hall–Kier alpha value is -6.44. The van der Waals surface area contributed by atoms with Crippen molar-refractivity contribution in [3.05, 3.63) is 198 Å². The summed E-state index contributed by atoms with van der Waals surface area (Å²) >= 11 is 0. The van der Waals surface area contributed by atoms with Crippen molar-refractivity contribution < 1.29 is 0 Å². The second kappa shape index (κ2) is 12.3. The van der Waals surface area contributed by atoms with Crippen LogP contribution in [-0.4, -0.2) is 0 Å². The van der Waals surface area contributed by atoms with Crippen molar-refractivity contribution in [2.24, 2.45) is 0 Å². The minimum atomic E-state index is -0.0705. The Balaban J connectivity index is 1.23. The van der Waals surface area contributed by atoms with E-state index in [0.29, 0.717) is 0 Å². The van der Waals surface area contributed by atoms with Gasteiger partial charge in [0.25, 0.3) is 0 Å². The smallest absolute Gasteiger partial charge is 0.0540 e. The zero-order chi connectivity index (χ0) is 36.6. The highest BCUT2D eigenvalue weighted by Crippen LogP contribution is 2.52. The van der Waals surface area contributed by atoms with Gasteiger partial charge in [-0.05, 0) is 133 Å². The Morgan fingerprint density at radius 3 is 1.48 bits per heavy atom. The summed E-state index contributed by atoms with van der Waals surface area (Å²) in [6.45, 7) is 9.08. The van der Waals surface area contributed by atoms with E-state index in [2.05, 4.69) is 209 Å². The van der Waals surface area contributed by atoms with Crippen molar-refractivity contribution in [3.8, 4) is 33.4 Å². The Morgan fingerprint density at radius 2 is 0.870 bits per heavy atom. The molecule has 0 amide bonds. The predicted octanol–water partition coefficient (Wildman–Crippen LogP) is 14.9. The van der Waals surface area contributed by atoms with Crippen LogP contribution < -0.4 is 4.90 Å². The molecule has 0 saturated carbocycles. The molecular formula is C53H41N. The first-order chi connectivity index (χ1) is 26.4. The molecule has 9 aromatic rings. The maximum Gasteiger partial charge on any atom is 0.0540 e. The molecule has 0 aliphatic heterocycles. The quantitative estimate of drug-likeness (QED) is 0.162. The van der Waals surface area contributed by atoms with Gasteiger partial charge in [-0.2, -0.15) is 0 Å². The van der Waals surface area contributed by atoms with Crippen molar-refractivity contribution in [3.63, 3.8) is 0 Å². The third-order valence-electron chi connectivity index (χ3n) is 11.7. The van der Waals surface area contributed by atoms with Crippen LogP contribution in [0.25, 0.3) is 65.7 Å². The van der Waals surface area contributed by atoms with Gasteiger partial charge in [-0.15, -0.1) is 0 Å². The van der Waals surface area contributed by atoms with Crippen molar-refractivity contribution >= 4 is 49.4 Å². The third kappa shape index (κ3) is 4.92. The van der Waals surface area contributed by atoms with E-state index in [4.69, 9.17) is 0 Å². The number of fused-ring (bicyclic) bond motifs is 6. The van der Waals surface area contributed by atoms with E-state index in [9.17, 15) is 0 Å². The zero-order valence-corrected chi connectivity index (χ0v) is 31.2. The highest BCUT2D eigenvalue weighted by atomic mass is 15.1. The molecule has 0 fully saturated rings. The van der Waals surface area contributed by atoms with Crippen LogP contribution in [0.2, 0.25) is 0 Å². The molecule has 258 valence electrons. The van der Waals surface area contributed by atoms with Gasteiger partial charge >= 0.3 is 0 Å². The van der Waals surface area contributed by atoms with Crippen LogP contribution >= 0.6 is 0 Å². The summed E-state index contributed by atoms with van der Waals surface area (Å²) < 4.78 is 0. The SMILES string of the molecule is Cc1cccc(N(c2cccc(C)c2)c2ccc(-c3c4ccccc4c(-c4ccc5c(c4)C(C)(C)c4ccccc4-5)c4ccccc34)c3ccccc23)c1. The van der Waals surface area contributed by atoms with E-state index in [-0.39, 0.29) is 5.41 Å². The lowest BCUT2D eigenvalue weighted by molar-refractivity contribution is 0.660. The molecule has 0 N–H and O–H groups in total. The number of anilines is 3. The van der Waals surface area contributed by atoms with Crippen LogP contribution in [0.3, 0.4) is 0 Å². The maximum atomic E-state index is 2.47. The molecule has 1 aliphatic carbocycles. The molecule has 1 aliphatic rings. The van der Waals surface area contributed by atoms with Gasteiger partial charge in [0, 0.05) is 22.2 Å². The Labute approximate surface area is 317 Å². The molecule has 0 heterocycles. The summed E-state index contributed by atoms with van der Waals surface area (Å²) in [5.41, 5.74) is 16.5. The van der Waals surface area contributed by atoms with Gasteiger partial charge in [-0.1, -0.05) is 153 Å². The fraction of sp³-hybridized carbons (Fsp3) is 0.0943. The Kier molecular flexibility index (Phi) is 7.35. The molecule has 0 unspecified atom stereocenters. The average Bonchev–Trinajstić information content (AvgIpc) is 3.42. The monoisotopic (exact) mass is 691 g/mol. The normalized spacial score (nSPS) is 13.0. The lowest BCUT2D eigenvalue weighted by Gasteiger charge is -2.28. The van der Waals surface area contributed by atoms with Gasteiger partial charge in [-0.25, -0.2) is 0 Å². The summed E-state index contributed by atoms with van der Waals surface area (Å²) in [6.07, 6.45) is 0. The molecule has 9 aromatic carbocycles. The molecule has 0 bridgehead atoms. The number of benzene rings is 9. The minimum Gasteiger partial charge on any atom is -0.310 e. The molecule has 0 radical (unpaired) electrons. The highest BCUT2D eigenvalue weighted by molar-refractivity contribution is 6.24. The number of hydrogen-bond donors (Lipinski definition) is 0. The lowest BCUT2D eigenvalue weighted by Crippen LogP contribution is -2.14. The first-order valence-electron chi connectivity index (χ1n) is 19.0. The fourth-order valence-electron chi connectivity index (χ4n) is 9.25. The molecule has 0 aromatic heterocycles. The maximum absolute atomic E-state index is 2.47. The number of hydrogen-bond acceptors (Lipinski definition) is 1. The van der Waals surface area contributed by atoms with Crippen LogP contribution in [0.4, 0.5) is 17.1 Å². The topological polar surface area (TPSA) is 3.24 Å². The molecule has 0 spiro atoms. The molecule has 0 atom stereocenters. The molecule has 1 heteroatoms. The van der Waals surface area contributed by atoms with Gasteiger partial charge in [-0.3, -0.25) is 0 Å². The summed E-state index contributed by atoms with van der Waals surface area (Å²) in [7, 11) is 0. The molecule has 0 saturated heterocycles. The van der Waals surface area contributed by atoms with E-state index in [1.54, 1.807) is 0 Å². The molecular weight excluding hydrogens is 651 g/mol. The zero-order valence-electron chi connectivity index (χ0n) is 31.2. The van der Waals surface area contributed by atoms with Crippen LogP contribution in [0.15, 0.2) is 176 Å². The Bertz CT molecular complexity index is 2840. The average molecular weight is 692 g/mol. The van der Waals surface area contributed by atoms with Crippen molar-refractivity contribution in [2.75, 3.05) is 4.90 Å². The van der Waals surface area contributed by atoms with Crippen molar-refractivity contribution in [1.82, 2.24) is 0 Å². The Morgan fingerprint density at radius 1 is 0.370 bits per heavy atom. The van der Waals surface area contributed by atoms with Crippen LogP contribution in [0.5, 0.6) is 0 Å². The molecule has 54 heavy (non-hydrogen) atoms. The summed E-state index contributed by atoms with van der Waals surface area (Å²) in [6, 6.07) is 65.4. The van der Waals surface area contributed by atoms with Crippen molar-refractivity contribution in [2.45, 2.75) is 33.1 Å². The fourth-order valence-corrected chi connectivity index (χ4v) is 9.25. The van der Waals surface area contributed by atoms with Gasteiger partial charge < -0.3 is 4.90 Å². The lowest BCUT2D eigenvalue weighted by atomic mass is 9.80. The molecule has 10 rings (SSSR count). The summed E-state index contributed by atoms with van der Waals surface area (Å²) in [4.78, 5) is 2.42. The van der Waals surface area contributed by atoms with Crippen LogP contribution in [0, 0.1) is 13.8 Å². The van der Waals surface area contributed by atoms with Gasteiger partial charge in [0.15, 0.2) is 0 Å². The number of aryl methyl sites for hydroxylation is 2. The van der Waals surface area contributed by atoms with Gasteiger partial charge in [0.05, 0.1) is 5.69 Å². The van der Waals surface area contributed by atoms with Crippen molar-refractivity contribution in [1.29, 1.82) is 0 Å². The van der Waals surface area contributed by atoms with E-state index in [1.165, 1.54) is 88.0 Å². The van der Waals surface area contributed by atoms with E-state index < -0.39 is 0 Å². The molecule has 1 nitrogen and oxygen atoms in total. The van der Waals surface area contributed by atoms with Crippen LogP contribution in [-0.2, 0) is 5.41 Å². The van der Waals surface area contributed by atoms with Gasteiger partial charge in [0.2, 0.25) is 0 Å².